The van der Waals surface area contributed by atoms with Gasteiger partial charge < -0.3 is 25.5 Å². The Hall–Kier alpha value is -2.42. The van der Waals surface area contributed by atoms with E-state index in [0.717, 1.165) is 24.0 Å². The standard InChI is InChI=1S/C18H24N4O4/c23-12-16(17(24)19-5-6-22-7-9-26-10-8-22)21-18(25)15-11-13-3-1-2-4-14(13)20-15/h1-4,11,16,20,23H,5-10,12H2,(H,19,24)(H,21,25)/t16-/m0/s1. The molecule has 0 bridgehead atoms. The number of nitrogens with zero attached hydrogens (tertiary/aromatic N) is 1. The van der Waals surface area contributed by atoms with Crippen molar-refractivity contribution in [2.45, 2.75) is 6.04 Å². The molecule has 1 saturated heterocycles. The van der Waals surface area contributed by atoms with Crippen LogP contribution in [0.1, 0.15) is 10.5 Å². The number of aromatic nitrogens is 1. The van der Waals surface area contributed by atoms with E-state index in [9.17, 15) is 14.7 Å². The number of carbonyl (C=O) groups excluding carboxylic acids is 2. The first-order chi connectivity index (χ1) is 12.7. The third kappa shape index (κ3) is 4.60. The van der Waals surface area contributed by atoms with Crippen LogP contribution >= 0.6 is 0 Å². The minimum absolute atomic E-state index is 0.353. The zero-order valence-electron chi connectivity index (χ0n) is 14.5. The number of hydrogen-bond donors (Lipinski definition) is 4. The number of ether oxygens (including phenoxy) is 1. The molecular weight excluding hydrogens is 336 g/mol. The van der Waals surface area contributed by atoms with Crippen molar-refractivity contribution in [3.63, 3.8) is 0 Å². The van der Waals surface area contributed by atoms with Crippen LogP contribution in [0.4, 0.5) is 0 Å². The third-order valence-electron chi connectivity index (χ3n) is 4.41. The van der Waals surface area contributed by atoms with Gasteiger partial charge in [-0.05, 0) is 12.1 Å². The van der Waals surface area contributed by atoms with Crippen molar-refractivity contribution < 1.29 is 19.4 Å². The third-order valence-corrected chi connectivity index (χ3v) is 4.41. The molecule has 8 heteroatoms. The maximum Gasteiger partial charge on any atom is 0.268 e. The molecule has 0 aliphatic carbocycles. The summed E-state index contributed by atoms with van der Waals surface area (Å²) in [5.41, 5.74) is 1.19. The normalized spacial score (nSPS) is 16.3. The molecule has 1 atom stereocenters. The van der Waals surface area contributed by atoms with Gasteiger partial charge in [-0.3, -0.25) is 14.5 Å². The van der Waals surface area contributed by atoms with E-state index in [1.54, 1.807) is 6.07 Å². The van der Waals surface area contributed by atoms with Gasteiger partial charge in [-0.1, -0.05) is 18.2 Å². The molecule has 1 aliphatic rings. The number of morpholine rings is 1. The lowest BCUT2D eigenvalue weighted by Gasteiger charge is -2.26. The molecule has 0 unspecified atom stereocenters. The number of para-hydroxylation sites is 1. The van der Waals surface area contributed by atoms with Gasteiger partial charge in [0.05, 0.1) is 19.8 Å². The molecule has 1 aromatic heterocycles. The Morgan fingerprint density at radius 1 is 1.27 bits per heavy atom. The SMILES string of the molecule is O=C(N[C@@H](CO)C(=O)NCCN1CCOCC1)c1cc2ccccc2[nH]1. The lowest BCUT2D eigenvalue weighted by atomic mass is 10.2. The summed E-state index contributed by atoms with van der Waals surface area (Å²) >= 11 is 0. The number of carbonyl (C=O) groups is 2. The van der Waals surface area contributed by atoms with E-state index in [1.165, 1.54) is 0 Å². The van der Waals surface area contributed by atoms with Crippen molar-refractivity contribution in [2.75, 3.05) is 46.0 Å². The highest BCUT2D eigenvalue weighted by atomic mass is 16.5. The van der Waals surface area contributed by atoms with E-state index >= 15 is 0 Å². The molecule has 2 heterocycles. The second-order valence-corrected chi connectivity index (χ2v) is 6.22. The van der Waals surface area contributed by atoms with E-state index in [1.807, 2.05) is 24.3 Å². The van der Waals surface area contributed by atoms with Crippen LogP contribution in [0.3, 0.4) is 0 Å². The second-order valence-electron chi connectivity index (χ2n) is 6.22. The summed E-state index contributed by atoms with van der Waals surface area (Å²) in [6.07, 6.45) is 0. The molecule has 1 aliphatic heterocycles. The number of aromatic amines is 1. The molecule has 140 valence electrons. The van der Waals surface area contributed by atoms with Crippen molar-refractivity contribution in [3.8, 4) is 0 Å². The van der Waals surface area contributed by atoms with Crippen molar-refractivity contribution in [1.82, 2.24) is 20.5 Å². The number of H-pyrrole nitrogens is 1. The van der Waals surface area contributed by atoms with Crippen molar-refractivity contribution in [1.29, 1.82) is 0 Å². The van der Waals surface area contributed by atoms with Crippen LogP contribution in [-0.4, -0.2) is 78.8 Å². The van der Waals surface area contributed by atoms with Crippen LogP contribution in [0.25, 0.3) is 10.9 Å². The fourth-order valence-corrected chi connectivity index (χ4v) is 2.91. The molecule has 26 heavy (non-hydrogen) atoms. The van der Waals surface area contributed by atoms with Gasteiger partial charge in [-0.25, -0.2) is 0 Å². The number of hydrogen-bond acceptors (Lipinski definition) is 5. The van der Waals surface area contributed by atoms with Gasteiger partial charge in [0, 0.05) is 37.1 Å². The Kier molecular flexibility index (Phi) is 6.21. The van der Waals surface area contributed by atoms with E-state index in [0.29, 0.717) is 32.0 Å². The summed E-state index contributed by atoms with van der Waals surface area (Å²) in [5, 5.41) is 15.7. The molecule has 0 saturated carbocycles. The number of nitrogens with one attached hydrogen (secondary N) is 3. The molecular formula is C18H24N4O4. The van der Waals surface area contributed by atoms with Crippen LogP contribution in [0, 0.1) is 0 Å². The van der Waals surface area contributed by atoms with E-state index in [2.05, 4.69) is 20.5 Å². The molecule has 2 amide bonds. The zero-order chi connectivity index (χ0) is 18.4. The fourth-order valence-electron chi connectivity index (χ4n) is 2.91. The highest BCUT2D eigenvalue weighted by Crippen LogP contribution is 2.14. The van der Waals surface area contributed by atoms with Crippen LogP contribution in [0.2, 0.25) is 0 Å². The molecule has 3 rings (SSSR count). The lowest BCUT2D eigenvalue weighted by Crippen LogP contribution is -2.50. The molecule has 8 nitrogen and oxygen atoms in total. The molecule has 2 aromatic rings. The minimum atomic E-state index is -0.987. The number of rotatable bonds is 7. The first-order valence-electron chi connectivity index (χ1n) is 8.74. The van der Waals surface area contributed by atoms with Gasteiger partial charge in [0.2, 0.25) is 5.91 Å². The molecule has 0 spiro atoms. The van der Waals surface area contributed by atoms with Gasteiger partial charge >= 0.3 is 0 Å². The van der Waals surface area contributed by atoms with Crippen LogP contribution in [-0.2, 0) is 9.53 Å². The lowest BCUT2D eigenvalue weighted by molar-refractivity contribution is -0.123. The predicted molar refractivity (Wildman–Crippen MR) is 96.9 cm³/mol. The molecule has 1 fully saturated rings. The monoisotopic (exact) mass is 360 g/mol. The van der Waals surface area contributed by atoms with Crippen molar-refractivity contribution in [2.24, 2.45) is 0 Å². The number of aliphatic hydroxyl groups is 1. The summed E-state index contributed by atoms with van der Waals surface area (Å²) < 4.78 is 5.28. The molecule has 0 radical (unpaired) electrons. The highest BCUT2D eigenvalue weighted by Gasteiger charge is 2.21. The smallest absolute Gasteiger partial charge is 0.268 e. The van der Waals surface area contributed by atoms with E-state index < -0.39 is 24.5 Å². The largest absolute Gasteiger partial charge is 0.394 e. The summed E-state index contributed by atoms with van der Waals surface area (Å²) in [6, 6.07) is 8.25. The van der Waals surface area contributed by atoms with Gasteiger partial charge in [0.15, 0.2) is 0 Å². The Balaban J connectivity index is 1.50. The highest BCUT2D eigenvalue weighted by molar-refractivity contribution is 6.00. The van der Waals surface area contributed by atoms with Crippen LogP contribution in [0.5, 0.6) is 0 Å². The van der Waals surface area contributed by atoms with Crippen LogP contribution in [0.15, 0.2) is 30.3 Å². The van der Waals surface area contributed by atoms with Crippen molar-refractivity contribution in [3.05, 3.63) is 36.0 Å². The second kappa shape index (κ2) is 8.79. The minimum Gasteiger partial charge on any atom is -0.394 e. The maximum atomic E-state index is 12.4. The van der Waals surface area contributed by atoms with Gasteiger partial charge in [0.25, 0.3) is 5.91 Å². The molecule has 4 N–H and O–H groups in total. The van der Waals surface area contributed by atoms with Crippen molar-refractivity contribution >= 4 is 22.7 Å². The summed E-state index contributed by atoms with van der Waals surface area (Å²) in [6.45, 7) is 3.80. The van der Waals surface area contributed by atoms with E-state index in [-0.39, 0.29) is 0 Å². The summed E-state index contributed by atoms with van der Waals surface area (Å²) in [4.78, 5) is 29.8. The van der Waals surface area contributed by atoms with Gasteiger partial charge in [0.1, 0.15) is 11.7 Å². The fraction of sp³-hybridized carbons (Fsp3) is 0.444. The number of benzene rings is 1. The average molecular weight is 360 g/mol. The maximum absolute atomic E-state index is 12.4. The van der Waals surface area contributed by atoms with Gasteiger partial charge in [-0.2, -0.15) is 0 Å². The predicted octanol–water partition coefficient (Wildman–Crippen LogP) is -0.293. The van der Waals surface area contributed by atoms with Crippen LogP contribution < -0.4 is 10.6 Å². The Bertz CT molecular complexity index is 721. The first-order valence-corrected chi connectivity index (χ1v) is 8.74. The quantitative estimate of drug-likeness (QED) is 0.543. The Labute approximate surface area is 151 Å². The van der Waals surface area contributed by atoms with E-state index in [4.69, 9.17) is 4.74 Å². The number of aliphatic hydroxyl groups excluding tert-OH is 1. The number of amides is 2. The van der Waals surface area contributed by atoms with Gasteiger partial charge in [-0.15, -0.1) is 0 Å². The topological polar surface area (TPSA) is 107 Å². The number of fused-ring (bicyclic) bond motifs is 1. The average Bonchev–Trinajstić information content (AvgIpc) is 3.11. The summed E-state index contributed by atoms with van der Waals surface area (Å²) in [5.74, 6) is -0.825. The first kappa shape index (κ1) is 18.4. The Morgan fingerprint density at radius 2 is 2.04 bits per heavy atom. The zero-order valence-corrected chi connectivity index (χ0v) is 14.5. The molecule has 1 aromatic carbocycles. The Morgan fingerprint density at radius 3 is 2.77 bits per heavy atom. The summed E-state index contributed by atoms with van der Waals surface area (Å²) in [7, 11) is 0.